The number of nitrogens with zero attached hydrogens (tertiary/aromatic N) is 2. The van der Waals surface area contributed by atoms with Crippen LogP contribution in [0.3, 0.4) is 0 Å². The van der Waals surface area contributed by atoms with Crippen LogP contribution in [0.25, 0.3) is 0 Å². The van der Waals surface area contributed by atoms with Gasteiger partial charge in [0.2, 0.25) is 5.91 Å². The molecular weight excluding hydrogens is 303 g/mol. The topological polar surface area (TPSA) is 111 Å². The second kappa shape index (κ2) is 7.30. The van der Waals surface area contributed by atoms with Crippen LogP contribution >= 0.6 is 0 Å². The lowest BCUT2D eigenvalue weighted by atomic mass is 9.98. The average Bonchev–Trinajstić information content (AvgIpc) is 2.53. The number of aromatic nitrogens is 1. The number of halogens is 1. The SMILES string of the molecule is NC(=O)[C@@H](CNc1ccncc1[N+](=O)[O-])Cc1ccc(F)cc1. The Morgan fingerprint density at radius 1 is 1.35 bits per heavy atom. The van der Waals surface area contributed by atoms with Crippen LogP contribution in [0.1, 0.15) is 5.56 Å². The summed E-state index contributed by atoms with van der Waals surface area (Å²) in [6.45, 7) is 0.123. The van der Waals surface area contributed by atoms with Gasteiger partial charge >= 0.3 is 5.69 Å². The predicted octanol–water partition coefficient (Wildman–Crippen LogP) is 1.88. The molecule has 1 amide bonds. The molecule has 0 spiro atoms. The first-order chi connectivity index (χ1) is 11.0. The van der Waals surface area contributed by atoms with Crippen LogP contribution in [0.15, 0.2) is 42.7 Å². The molecule has 3 N–H and O–H groups in total. The number of hydrogen-bond acceptors (Lipinski definition) is 5. The van der Waals surface area contributed by atoms with E-state index in [0.717, 1.165) is 11.8 Å². The fourth-order valence-electron chi connectivity index (χ4n) is 2.09. The molecule has 0 unspecified atom stereocenters. The summed E-state index contributed by atoms with van der Waals surface area (Å²) >= 11 is 0. The maximum atomic E-state index is 12.9. The highest BCUT2D eigenvalue weighted by Gasteiger charge is 2.19. The molecule has 0 bridgehead atoms. The number of benzene rings is 1. The normalized spacial score (nSPS) is 11.7. The molecule has 2 rings (SSSR count). The van der Waals surface area contributed by atoms with Gasteiger partial charge in [0.15, 0.2) is 0 Å². The van der Waals surface area contributed by atoms with Gasteiger partial charge in [0.25, 0.3) is 0 Å². The number of anilines is 1. The summed E-state index contributed by atoms with van der Waals surface area (Å²) in [5, 5.41) is 13.8. The van der Waals surface area contributed by atoms with Crippen LogP contribution in [0.2, 0.25) is 0 Å². The lowest BCUT2D eigenvalue weighted by molar-refractivity contribution is -0.384. The van der Waals surface area contributed by atoms with E-state index in [2.05, 4.69) is 10.3 Å². The second-order valence-electron chi connectivity index (χ2n) is 4.96. The van der Waals surface area contributed by atoms with E-state index in [1.807, 2.05) is 0 Å². The standard InChI is InChI=1S/C15H15FN4O3/c16-12-3-1-10(2-4-12)7-11(15(17)21)8-19-13-5-6-18-9-14(13)20(22)23/h1-6,9,11H,7-8H2,(H2,17,21)(H,18,19)/t11-/m1/s1. The van der Waals surface area contributed by atoms with Crippen molar-refractivity contribution in [3.05, 3.63) is 64.2 Å². The summed E-state index contributed by atoms with van der Waals surface area (Å²) in [5.74, 6) is -1.50. The summed E-state index contributed by atoms with van der Waals surface area (Å²) in [7, 11) is 0. The number of carbonyl (C=O) groups is 1. The minimum atomic E-state index is -0.590. The molecule has 0 fully saturated rings. The van der Waals surface area contributed by atoms with E-state index in [-0.39, 0.29) is 23.7 Å². The quantitative estimate of drug-likeness (QED) is 0.598. The molecular formula is C15H15FN4O3. The Balaban J connectivity index is 2.07. The number of amides is 1. The van der Waals surface area contributed by atoms with Crippen LogP contribution in [0, 0.1) is 21.8 Å². The summed E-state index contributed by atoms with van der Waals surface area (Å²) in [5.41, 5.74) is 6.21. The van der Waals surface area contributed by atoms with E-state index in [1.165, 1.54) is 24.4 Å². The molecule has 0 saturated heterocycles. The van der Waals surface area contributed by atoms with Crippen LogP contribution in [0.4, 0.5) is 15.8 Å². The Hall–Kier alpha value is -3.03. The summed E-state index contributed by atoms with van der Waals surface area (Å²) in [4.78, 5) is 25.6. The molecule has 2 aromatic rings. The zero-order chi connectivity index (χ0) is 16.8. The zero-order valence-corrected chi connectivity index (χ0v) is 12.1. The Morgan fingerprint density at radius 3 is 2.65 bits per heavy atom. The molecule has 1 atom stereocenters. The fourth-order valence-corrected chi connectivity index (χ4v) is 2.09. The predicted molar refractivity (Wildman–Crippen MR) is 82.2 cm³/mol. The molecule has 0 saturated carbocycles. The van der Waals surface area contributed by atoms with Crippen molar-refractivity contribution >= 4 is 17.3 Å². The smallest absolute Gasteiger partial charge is 0.310 e. The molecule has 0 radical (unpaired) electrons. The van der Waals surface area contributed by atoms with E-state index >= 15 is 0 Å². The average molecular weight is 318 g/mol. The summed E-state index contributed by atoms with van der Waals surface area (Å²) in [6.07, 6.45) is 2.84. The number of nitrogens with two attached hydrogens (primary N) is 1. The van der Waals surface area contributed by atoms with Gasteiger partial charge in [-0.15, -0.1) is 0 Å². The van der Waals surface area contributed by atoms with Crippen molar-refractivity contribution in [1.82, 2.24) is 4.98 Å². The van der Waals surface area contributed by atoms with Gasteiger partial charge in [0, 0.05) is 12.7 Å². The molecule has 23 heavy (non-hydrogen) atoms. The Morgan fingerprint density at radius 2 is 2.04 bits per heavy atom. The maximum Gasteiger partial charge on any atom is 0.310 e. The van der Waals surface area contributed by atoms with Crippen LogP contribution in [-0.2, 0) is 11.2 Å². The first-order valence-electron chi connectivity index (χ1n) is 6.83. The van der Waals surface area contributed by atoms with Gasteiger partial charge in [0.1, 0.15) is 17.7 Å². The highest BCUT2D eigenvalue weighted by Crippen LogP contribution is 2.22. The first kappa shape index (κ1) is 16.3. The fraction of sp³-hybridized carbons (Fsp3) is 0.200. The molecule has 7 nitrogen and oxygen atoms in total. The van der Waals surface area contributed by atoms with Crippen molar-refractivity contribution in [2.75, 3.05) is 11.9 Å². The highest BCUT2D eigenvalue weighted by atomic mass is 19.1. The molecule has 1 heterocycles. The van der Waals surface area contributed by atoms with Gasteiger partial charge in [-0.2, -0.15) is 0 Å². The molecule has 1 aromatic carbocycles. The van der Waals surface area contributed by atoms with Crippen molar-refractivity contribution in [3.63, 3.8) is 0 Å². The Kier molecular flexibility index (Phi) is 5.19. The molecule has 0 aliphatic heterocycles. The van der Waals surface area contributed by atoms with Gasteiger partial charge in [0.05, 0.1) is 10.8 Å². The first-order valence-corrected chi connectivity index (χ1v) is 6.83. The van der Waals surface area contributed by atoms with Crippen molar-refractivity contribution < 1.29 is 14.1 Å². The largest absolute Gasteiger partial charge is 0.379 e. The number of hydrogen-bond donors (Lipinski definition) is 2. The monoisotopic (exact) mass is 318 g/mol. The van der Waals surface area contributed by atoms with E-state index in [4.69, 9.17) is 5.73 Å². The molecule has 8 heteroatoms. The molecule has 0 aliphatic carbocycles. The summed E-state index contributed by atoms with van der Waals surface area (Å²) < 4.78 is 12.9. The van der Waals surface area contributed by atoms with Crippen molar-refractivity contribution in [1.29, 1.82) is 0 Å². The van der Waals surface area contributed by atoms with E-state index in [1.54, 1.807) is 12.1 Å². The van der Waals surface area contributed by atoms with Gasteiger partial charge in [-0.05, 0) is 30.2 Å². The third-order valence-corrected chi connectivity index (χ3v) is 3.33. The van der Waals surface area contributed by atoms with Crippen LogP contribution < -0.4 is 11.1 Å². The number of carbonyl (C=O) groups excluding carboxylic acids is 1. The second-order valence-corrected chi connectivity index (χ2v) is 4.96. The Labute approximate surface area is 131 Å². The molecule has 1 aromatic heterocycles. The number of rotatable bonds is 7. The van der Waals surface area contributed by atoms with Gasteiger partial charge in [-0.3, -0.25) is 19.9 Å². The van der Waals surface area contributed by atoms with Crippen molar-refractivity contribution in [3.8, 4) is 0 Å². The number of nitrogens with one attached hydrogen (secondary N) is 1. The third kappa shape index (κ3) is 4.47. The zero-order valence-electron chi connectivity index (χ0n) is 12.1. The lowest BCUT2D eigenvalue weighted by Crippen LogP contribution is -2.31. The van der Waals surface area contributed by atoms with Crippen molar-refractivity contribution in [2.24, 2.45) is 11.7 Å². The molecule has 120 valence electrons. The van der Waals surface area contributed by atoms with E-state index in [0.29, 0.717) is 6.42 Å². The number of nitro groups is 1. The van der Waals surface area contributed by atoms with E-state index in [9.17, 15) is 19.3 Å². The van der Waals surface area contributed by atoms with E-state index < -0.39 is 16.7 Å². The van der Waals surface area contributed by atoms with Gasteiger partial charge < -0.3 is 11.1 Å². The van der Waals surface area contributed by atoms with Crippen LogP contribution in [0.5, 0.6) is 0 Å². The number of pyridine rings is 1. The lowest BCUT2D eigenvalue weighted by Gasteiger charge is -2.15. The van der Waals surface area contributed by atoms with Crippen molar-refractivity contribution in [2.45, 2.75) is 6.42 Å². The van der Waals surface area contributed by atoms with Gasteiger partial charge in [-0.25, -0.2) is 4.39 Å². The maximum absolute atomic E-state index is 12.9. The third-order valence-electron chi connectivity index (χ3n) is 3.33. The van der Waals surface area contributed by atoms with Crippen LogP contribution in [-0.4, -0.2) is 22.4 Å². The number of primary amides is 1. The minimum absolute atomic E-state index is 0.123. The highest BCUT2D eigenvalue weighted by molar-refractivity contribution is 5.78. The minimum Gasteiger partial charge on any atom is -0.379 e. The summed E-state index contributed by atoms with van der Waals surface area (Å²) in [6, 6.07) is 7.19. The molecule has 0 aliphatic rings. The van der Waals surface area contributed by atoms with Gasteiger partial charge in [-0.1, -0.05) is 12.1 Å². The Bertz CT molecular complexity index is 706.